The molecule has 0 unspecified atom stereocenters. The van der Waals surface area contributed by atoms with E-state index in [9.17, 15) is 14.4 Å². The molecule has 142 valence electrons. The normalized spacial score (nSPS) is 13.5. The summed E-state index contributed by atoms with van der Waals surface area (Å²) in [6.45, 7) is 2.79. The van der Waals surface area contributed by atoms with Crippen molar-refractivity contribution in [3.05, 3.63) is 17.7 Å². The summed E-state index contributed by atoms with van der Waals surface area (Å²) in [7, 11) is 2.87. The molecule has 0 bridgehead atoms. The Morgan fingerprint density at radius 3 is 2.46 bits per heavy atom. The van der Waals surface area contributed by atoms with Gasteiger partial charge in [0, 0.05) is 25.6 Å². The standard InChI is InChI=1S/C17H23N3O6/c1-4-26-15(22)9-8-14(21)19-10-5-11-20(19)17(23)12-6-7-13(24-2)18-16(12)25-3/h6-7H,4-5,8-11H2,1-3H3. The zero-order chi connectivity index (χ0) is 19.1. The van der Waals surface area contributed by atoms with Crippen molar-refractivity contribution >= 4 is 17.8 Å². The first-order valence-electron chi connectivity index (χ1n) is 8.38. The number of hydrogen-bond acceptors (Lipinski definition) is 7. The highest BCUT2D eigenvalue weighted by Crippen LogP contribution is 2.24. The number of ether oxygens (including phenoxy) is 3. The van der Waals surface area contributed by atoms with E-state index in [1.54, 1.807) is 19.1 Å². The van der Waals surface area contributed by atoms with Gasteiger partial charge in [-0.2, -0.15) is 4.98 Å². The number of amides is 2. The molecular formula is C17H23N3O6. The van der Waals surface area contributed by atoms with Crippen molar-refractivity contribution in [3.8, 4) is 11.8 Å². The second-order valence-corrected chi connectivity index (χ2v) is 5.51. The summed E-state index contributed by atoms with van der Waals surface area (Å²) in [5, 5.41) is 2.73. The van der Waals surface area contributed by atoms with E-state index in [0.29, 0.717) is 25.4 Å². The number of rotatable bonds is 7. The summed E-state index contributed by atoms with van der Waals surface area (Å²) in [5.74, 6) is -0.676. The molecule has 2 amide bonds. The van der Waals surface area contributed by atoms with E-state index in [4.69, 9.17) is 14.2 Å². The first-order valence-corrected chi connectivity index (χ1v) is 8.38. The van der Waals surface area contributed by atoms with Crippen LogP contribution in [0.1, 0.15) is 36.5 Å². The molecule has 1 aromatic heterocycles. The lowest BCUT2D eigenvalue weighted by Gasteiger charge is -2.28. The molecule has 2 rings (SSSR count). The Hall–Kier alpha value is -2.84. The highest BCUT2D eigenvalue weighted by Gasteiger charge is 2.33. The van der Waals surface area contributed by atoms with Gasteiger partial charge in [-0.05, 0) is 19.4 Å². The van der Waals surface area contributed by atoms with E-state index in [1.165, 1.54) is 24.2 Å². The number of esters is 1. The maximum Gasteiger partial charge on any atom is 0.306 e. The third-order valence-corrected chi connectivity index (χ3v) is 3.87. The molecule has 0 aliphatic carbocycles. The van der Waals surface area contributed by atoms with Crippen LogP contribution in [0.5, 0.6) is 11.8 Å². The summed E-state index contributed by atoms with van der Waals surface area (Å²) in [4.78, 5) is 40.8. The van der Waals surface area contributed by atoms with Crippen LogP contribution in [-0.4, -0.2) is 66.7 Å². The smallest absolute Gasteiger partial charge is 0.306 e. The van der Waals surface area contributed by atoms with Crippen LogP contribution in [0.25, 0.3) is 0 Å². The number of aromatic nitrogens is 1. The minimum absolute atomic E-state index is 0.0133. The molecule has 26 heavy (non-hydrogen) atoms. The van der Waals surface area contributed by atoms with Gasteiger partial charge in [-0.15, -0.1) is 0 Å². The Morgan fingerprint density at radius 2 is 1.81 bits per heavy atom. The highest BCUT2D eigenvalue weighted by atomic mass is 16.5. The molecular weight excluding hydrogens is 342 g/mol. The number of carbonyl (C=O) groups excluding carboxylic acids is 3. The fourth-order valence-electron chi connectivity index (χ4n) is 2.65. The Kier molecular flexibility index (Phi) is 6.76. The topological polar surface area (TPSA) is 98.3 Å². The van der Waals surface area contributed by atoms with Gasteiger partial charge in [-0.3, -0.25) is 19.4 Å². The molecule has 1 saturated heterocycles. The molecule has 2 heterocycles. The average molecular weight is 365 g/mol. The molecule has 0 aromatic carbocycles. The van der Waals surface area contributed by atoms with Gasteiger partial charge in [-0.25, -0.2) is 5.01 Å². The quantitative estimate of drug-likeness (QED) is 0.666. The molecule has 1 aliphatic rings. The van der Waals surface area contributed by atoms with Crippen LogP contribution < -0.4 is 9.47 Å². The van der Waals surface area contributed by atoms with Gasteiger partial charge in [-0.1, -0.05) is 0 Å². The maximum absolute atomic E-state index is 12.9. The number of methoxy groups -OCH3 is 2. The van der Waals surface area contributed by atoms with Gasteiger partial charge in [0.05, 0.1) is 27.2 Å². The molecule has 0 atom stereocenters. The molecule has 0 N–H and O–H groups in total. The number of carbonyl (C=O) groups is 3. The van der Waals surface area contributed by atoms with E-state index in [-0.39, 0.29) is 42.7 Å². The largest absolute Gasteiger partial charge is 0.481 e. The fourth-order valence-corrected chi connectivity index (χ4v) is 2.65. The number of pyridine rings is 1. The van der Waals surface area contributed by atoms with Crippen molar-refractivity contribution in [2.75, 3.05) is 33.9 Å². The molecule has 9 heteroatoms. The van der Waals surface area contributed by atoms with E-state index in [0.717, 1.165) is 0 Å². The van der Waals surface area contributed by atoms with E-state index in [1.807, 2.05) is 0 Å². The van der Waals surface area contributed by atoms with Crippen molar-refractivity contribution in [2.45, 2.75) is 26.2 Å². The number of hydrogen-bond donors (Lipinski definition) is 0. The Labute approximate surface area is 151 Å². The summed E-state index contributed by atoms with van der Waals surface area (Å²) in [6, 6.07) is 3.10. The van der Waals surface area contributed by atoms with Crippen LogP contribution in [0.2, 0.25) is 0 Å². The monoisotopic (exact) mass is 365 g/mol. The second kappa shape index (κ2) is 9.02. The predicted octanol–water partition coefficient (Wildman–Crippen LogP) is 1.03. The number of nitrogens with zero attached hydrogens (tertiary/aromatic N) is 3. The van der Waals surface area contributed by atoms with E-state index >= 15 is 0 Å². The van der Waals surface area contributed by atoms with Crippen LogP contribution >= 0.6 is 0 Å². The van der Waals surface area contributed by atoms with Crippen molar-refractivity contribution in [1.82, 2.24) is 15.0 Å². The Morgan fingerprint density at radius 1 is 1.08 bits per heavy atom. The predicted molar refractivity (Wildman–Crippen MR) is 90.6 cm³/mol. The zero-order valence-electron chi connectivity index (χ0n) is 15.2. The van der Waals surface area contributed by atoms with Gasteiger partial charge in [0.15, 0.2) is 0 Å². The third-order valence-electron chi connectivity index (χ3n) is 3.87. The second-order valence-electron chi connectivity index (χ2n) is 5.51. The summed E-state index contributed by atoms with van der Waals surface area (Å²) in [6.07, 6.45) is 0.627. The molecule has 0 saturated carbocycles. The first kappa shape index (κ1) is 19.5. The van der Waals surface area contributed by atoms with Gasteiger partial charge < -0.3 is 14.2 Å². The Bertz CT molecular complexity index is 678. The van der Waals surface area contributed by atoms with Crippen molar-refractivity contribution < 1.29 is 28.6 Å². The van der Waals surface area contributed by atoms with Crippen molar-refractivity contribution in [1.29, 1.82) is 0 Å². The van der Waals surface area contributed by atoms with Crippen LogP contribution in [-0.2, 0) is 14.3 Å². The summed E-state index contributed by atoms with van der Waals surface area (Å²) < 4.78 is 15.0. The highest BCUT2D eigenvalue weighted by molar-refractivity contribution is 5.97. The van der Waals surface area contributed by atoms with E-state index in [2.05, 4.69) is 4.98 Å². The minimum Gasteiger partial charge on any atom is -0.481 e. The van der Waals surface area contributed by atoms with Gasteiger partial charge >= 0.3 is 5.97 Å². The molecule has 9 nitrogen and oxygen atoms in total. The van der Waals surface area contributed by atoms with Crippen molar-refractivity contribution in [3.63, 3.8) is 0 Å². The SMILES string of the molecule is CCOC(=O)CCC(=O)N1CCCN1C(=O)c1ccc(OC)nc1OC. The third kappa shape index (κ3) is 4.41. The van der Waals surface area contributed by atoms with Crippen molar-refractivity contribution in [2.24, 2.45) is 0 Å². The van der Waals surface area contributed by atoms with Crippen LogP contribution in [0, 0.1) is 0 Å². The molecule has 1 fully saturated rings. The minimum atomic E-state index is -0.432. The lowest BCUT2D eigenvalue weighted by atomic mass is 10.2. The van der Waals surface area contributed by atoms with Gasteiger partial charge in [0.25, 0.3) is 5.91 Å². The first-order chi connectivity index (χ1) is 12.5. The summed E-state index contributed by atoms with van der Waals surface area (Å²) >= 11 is 0. The maximum atomic E-state index is 12.9. The molecule has 1 aliphatic heterocycles. The molecule has 1 aromatic rings. The number of hydrazine groups is 1. The Balaban J connectivity index is 2.10. The van der Waals surface area contributed by atoms with Crippen LogP contribution in [0.3, 0.4) is 0 Å². The summed E-state index contributed by atoms with van der Waals surface area (Å²) in [5.41, 5.74) is 0.235. The van der Waals surface area contributed by atoms with Gasteiger partial charge in [0.1, 0.15) is 5.56 Å². The lowest BCUT2D eigenvalue weighted by molar-refractivity contribution is -0.148. The van der Waals surface area contributed by atoms with Crippen LogP contribution in [0.15, 0.2) is 12.1 Å². The lowest BCUT2D eigenvalue weighted by Crippen LogP contribution is -2.45. The molecule has 0 radical (unpaired) electrons. The average Bonchev–Trinajstić information content (AvgIpc) is 3.15. The fraction of sp³-hybridized carbons (Fsp3) is 0.529. The van der Waals surface area contributed by atoms with Crippen LogP contribution in [0.4, 0.5) is 0 Å². The molecule has 0 spiro atoms. The van der Waals surface area contributed by atoms with E-state index < -0.39 is 5.97 Å². The zero-order valence-corrected chi connectivity index (χ0v) is 15.2. The van der Waals surface area contributed by atoms with Gasteiger partial charge in [0.2, 0.25) is 17.7 Å².